The average molecular weight is 312 g/mol. The maximum Gasteiger partial charge on any atom is 0.337 e. The SMILES string of the molecule is CC(C)C1CCCN1S(=O)(=O)c1cc(N)ccc1C(=O)O. The van der Waals surface area contributed by atoms with Crippen LogP contribution in [0.3, 0.4) is 0 Å². The number of nitrogen functional groups attached to an aromatic ring is 1. The molecule has 0 amide bonds. The van der Waals surface area contributed by atoms with E-state index in [0.717, 1.165) is 12.8 Å². The summed E-state index contributed by atoms with van der Waals surface area (Å²) in [5, 5.41) is 9.21. The third-order valence-corrected chi connectivity index (χ3v) is 5.80. The highest BCUT2D eigenvalue weighted by Gasteiger charge is 2.38. The fourth-order valence-electron chi connectivity index (χ4n) is 2.79. The van der Waals surface area contributed by atoms with Gasteiger partial charge in [0.2, 0.25) is 10.0 Å². The van der Waals surface area contributed by atoms with Gasteiger partial charge in [0.25, 0.3) is 0 Å². The molecule has 0 aliphatic carbocycles. The molecule has 1 heterocycles. The number of carbonyl (C=O) groups is 1. The molecule has 1 aromatic rings. The highest BCUT2D eigenvalue weighted by Crippen LogP contribution is 2.32. The molecule has 21 heavy (non-hydrogen) atoms. The van der Waals surface area contributed by atoms with Crippen molar-refractivity contribution in [1.82, 2.24) is 4.31 Å². The molecule has 0 aromatic heterocycles. The molecule has 0 saturated carbocycles. The molecular formula is C14H20N2O4S. The fourth-order valence-corrected chi connectivity index (χ4v) is 4.83. The maximum atomic E-state index is 12.8. The van der Waals surface area contributed by atoms with E-state index in [1.54, 1.807) is 0 Å². The van der Waals surface area contributed by atoms with Crippen molar-refractivity contribution < 1.29 is 18.3 Å². The van der Waals surface area contributed by atoms with Gasteiger partial charge in [-0.25, -0.2) is 13.2 Å². The van der Waals surface area contributed by atoms with Crippen LogP contribution in [0, 0.1) is 5.92 Å². The number of carboxylic acids is 1. The Hall–Kier alpha value is -1.60. The van der Waals surface area contributed by atoms with Crippen molar-refractivity contribution in [2.24, 2.45) is 5.92 Å². The van der Waals surface area contributed by atoms with Crippen molar-refractivity contribution >= 4 is 21.7 Å². The van der Waals surface area contributed by atoms with Crippen molar-refractivity contribution in [3.05, 3.63) is 23.8 Å². The van der Waals surface area contributed by atoms with Gasteiger partial charge in [-0.1, -0.05) is 13.8 Å². The Morgan fingerprint density at radius 2 is 2.10 bits per heavy atom. The third-order valence-electron chi connectivity index (χ3n) is 3.84. The molecule has 1 aliphatic rings. The Bertz CT molecular complexity index is 655. The summed E-state index contributed by atoms with van der Waals surface area (Å²) >= 11 is 0. The van der Waals surface area contributed by atoms with E-state index in [0.29, 0.717) is 6.54 Å². The molecule has 0 bridgehead atoms. The lowest BCUT2D eigenvalue weighted by atomic mass is 10.0. The minimum atomic E-state index is -3.86. The average Bonchev–Trinajstić information content (AvgIpc) is 2.88. The zero-order valence-electron chi connectivity index (χ0n) is 12.1. The van der Waals surface area contributed by atoms with Gasteiger partial charge < -0.3 is 10.8 Å². The lowest BCUT2D eigenvalue weighted by Crippen LogP contribution is -2.39. The Morgan fingerprint density at radius 3 is 2.67 bits per heavy atom. The first-order valence-electron chi connectivity index (χ1n) is 6.90. The Kier molecular flexibility index (Phi) is 4.25. The smallest absolute Gasteiger partial charge is 0.337 e. The molecule has 2 rings (SSSR count). The van der Waals surface area contributed by atoms with Crippen molar-refractivity contribution in [2.45, 2.75) is 37.6 Å². The quantitative estimate of drug-likeness (QED) is 0.825. The van der Waals surface area contributed by atoms with E-state index in [1.165, 1.54) is 22.5 Å². The highest BCUT2D eigenvalue weighted by molar-refractivity contribution is 7.89. The van der Waals surface area contributed by atoms with Crippen LogP contribution in [0.25, 0.3) is 0 Å². The summed E-state index contributed by atoms with van der Waals surface area (Å²) in [5.74, 6) is -1.09. The van der Waals surface area contributed by atoms with Gasteiger partial charge in [0.1, 0.15) is 0 Å². The number of hydrogen-bond acceptors (Lipinski definition) is 4. The molecule has 1 aliphatic heterocycles. The number of anilines is 1. The first-order valence-corrected chi connectivity index (χ1v) is 8.34. The predicted molar refractivity (Wildman–Crippen MR) is 79.6 cm³/mol. The summed E-state index contributed by atoms with van der Waals surface area (Å²) in [4.78, 5) is 11.1. The largest absolute Gasteiger partial charge is 0.478 e. The lowest BCUT2D eigenvalue weighted by molar-refractivity contribution is 0.0692. The minimum absolute atomic E-state index is 0.0990. The van der Waals surface area contributed by atoms with Gasteiger partial charge in [-0.2, -0.15) is 4.31 Å². The van der Waals surface area contributed by atoms with Crippen LogP contribution in [-0.4, -0.2) is 36.4 Å². The summed E-state index contributed by atoms with van der Waals surface area (Å²) in [6.07, 6.45) is 1.58. The second kappa shape index (κ2) is 5.65. The van der Waals surface area contributed by atoms with Crippen LogP contribution in [0.2, 0.25) is 0 Å². The van der Waals surface area contributed by atoms with Crippen LogP contribution in [0.15, 0.2) is 23.1 Å². The van der Waals surface area contributed by atoms with E-state index in [9.17, 15) is 18.3 Å². The zero-order chi connectivity index (χ0) is 15.8. The first-order chi connectivity index (χ1) is 9.75. The van der Waals surface area contributed by atoms with Gasteiger partial charge >= 0.3 is 5.97 Å². The molecule has 1 aromatic carbocycles. The zero-order valence-corrected chi connectivity index (χ0v) is 12.9. The standard InChI is InChI=1S/C14H20N2O4S/c1-9(2)12-4-3-7-16(12)21(19,20)13-8-10(15)5-6-11(13)14(17)18/h5-6,8-9,12H,3-4,7,15H2,1-2H3,(H,17,18). The molecule has 0 spiro atoms. The maximum absolute atomic E-state index is 12.8. The van der Waals surface area contributed by atoms with Crippen molar-refractivity contribution in [3.63, 3.8) is 0 Å². The molecule has 1 fully saturated rings. The fraction of sp³-hybridized carbons (Fsp3) is 0.500. The summed E-state index contributed by atoms with van der Waals surface area (Å²) < 4.78 is 27.1. The molecule has 1 unspecified atom stereocenters. The normalized spacial score (nSPS) is 20.0. The van der Waals surface area contributed by atoms with E-state index < -0.39 is 16.0 Å². The van der Waals surface area contributed by atoms with E-state index in [1.807, 2.05) is 13.8 Å². The van der Waals surface area contributed by atoms with Gasteiger partial charge in [-0.15, -0.1) is 0 Å². The van der Waals surface area contributed by atoms with E-state index in [2.05, 4.69) is 0 Å². The Labute approximate surface area is 124 Å². The first kappa shape index (κ1) is 15.8. The number of rotatable bonds is 4. The van der Waals surface area contributed by atoms with Crippen LogP contribution < -0.4 is 5.73 Å². The van der Waals surface area contributed by atoms with Gasteiger partial charge in [-0.05, 0) is 37.0 Å². The highest BCUT2D eigenvalue weighted by atomic mass is 32.2. The predicted octanol–water partition coefficient (Wildman–Crippen LogP) is 1.78. The van der Waals surface area contributed by atoms with E-state index in [-0.39, 0.29) is 28.1 Å². The van der Waals surface area contributed by atoms with E-state index in [4.69, 9.17) is 5.73 Å². The van der Waals surface area contributed by atoms with E-state index >= 15 is 0 Å². The number of nitrogens with two attached hydrogens (primary N) is 1. The molecule has 1 atom stereocenters. The van der Waals surface area contributed by atoms with Crippen LogP contribution in [0.1, 0.15) is 37.0 Å². The minimum Gasteiger partial charge on any atom is -0.478 e. The van der Waals surface area contributed by atoms with Gasteiger partial charge in [-0.3, -0.25) is 0 Å². The summed E-state index contributed by atoms with van der Waals surface area (Å²) in [5.41, 5.74) is 5.64. The number of nitrogens with zero attached hydrogens (tertiary/aromatic N) is 1. The summed E-state index contributed by atoms with van der Waals surface area (Å²) in [6, 6.07) is 3.77. The monoisotopic (exact) mass is 312 g/mol. The number of carboxylic acid groups (broad SMARTS) is 1. The van der Waals surface area contributed by atoms with Crippen LogP contribution >= 0.6 is 0 Å². The third kappa shape index (κ3) is 2.89. The molecular weight excluding hydrogens is 292 g/mol. The van der Waals surface area contributed by atoms with Gasteiger partial charge in [0.05, 0.1) is 10.5 Å². The topological polar surface area (TPSA) is 101 Å². The lowest BCUT2D eigenvalue weighted by Gasteiger charge is -2.27. The number of hydrogen-bond donors (Lipinski definition) is 2. The van der Waals surface area contributed by atoms with Crippen LogP contribution in [0.4, 0.5) is 5.69 Å². The van der Waals surface area contributed by atoms with Crippen molar-refractivity contribution in [1.29, 1.82) is 0 Å². The second-order valence-electron chi connectivity index (χ2n) is 5.63. The second-order valence-corrected chi connectivity index (χ2v) is 7.49. The summed E-state index contributed by atoms with van der Waals surface area (Å²) in [7, 11) is -3.86. The van der Waals surface area contributed by atoms with Crippen LogP contribution in [0.5, 0.6) is 0 Å². The number of benzene rings is 1. The summed E-state index contributed by atoms with van der Waals surface area (Å²) in [6.45, 7) is 4.35. The van der Waals surface area contributed by atoms with Gasteiger partial charge in [0.15, 0.2) is 0 Å². The molecule has 3 N–H and O–H groups in total. The molecule has 1 saturated heterocycles. The molecule has 116 valence electrons. The van der Waals surface area contributed by atoms with Gasteiger partial charge in [0, 0.05) is 18.3 Å². The molecule has 0 radical (unpaired) electrons. The Balaban J connectivity index is 2.54. The molecule has 6 nitrogen and oxygen atoms in total. The van der Waals surface area contributed by atoms with Crippen molar-refractivity contribution in [3.8, 4) is 0 Å². The van der Waals surface area contributed by atoms with Crippen LogP contribution in [-0.2, 0) is 10.0 Å². The molecule has 7 heteroatoms. The number of sulfonamides is 1. The van der Waals surface area contributed by atoms with Crippen molar-refractivity contribution in [2.75, 3.05) is 12.3 Å². The number of aromatic carboxylic acids is 1. The Morgan fingerprint density at radius 1 is 1.43 bits per heavy atom.